The number of nitro benzene ring substituents is 1. The Balaban J connectivity index is 3.13. The molecule has 0 bridgehead atoms. The predicted molar refractivity (Wildman–Crippen MR) is 52.4 cm³/mol. The number of anilines is 1. The normalized spacial score (nSPS) is 9.50. The monoisotopic (exact) mass is 194 g/mol. The molecule has 0 saturated heterocycles. The number of hydrogen-bond donors (Lipinski definition) is 1. The van der Waals surface area contributed by atoms with E-state index < -0.39 is 4.92 Å². The molecule has 0 unspecified atom stereocenters. The van der Waals surface area contributed by atoms with E-state index in [4.69, 9.17) is 0 Å². The van der Waals surface area contributed by atoms with Gasteiger partial charge in [0.05, 0.1) is 4.92 Å². The van der Waals surface area contributed by atoms with Crippen LogP contribution in [0, 0.1) is 10.1 Å². The van der Waals surface area contributed by atoms with Gasteiger partial charge in [-0.25, -0.2) is 0 Å². The first kappa shape index (κ1) is 10.2. The minimum atomic E-state index is -0.478. The van der Waals surface area contributed by atoms with Crippen molar-refractivity contribution in [1.29, 1.82) is 0 Å². The van der Waals surface area contributed by atoms with E-state index in [1.54, 1.807) is 13.1 Å². The Bertz CT molecular complexity index is 363. The second-order valence-electron chi connectivity index (χ2n) is 2.72. The Morgan fingerprint density at radius 2 is 2.29 bits per heavy atom. The van der Waals surface area contributed by atoms with Crippen LogP contribution in [0.3, 0.4) is 0 Å². The van der Waals surface area contributed by atoms with Crippen molar-refractivity contribution in [1.82, 2.24) is 0 Å². The quantitative estimate of drug-likeness (QED) is 0.446. The Morgan fingerprint density at radius 1 is 1.57 bits per heavy atom. The standard InChI is InChI=1S/C9H10N2O3/c1-10-9-3-2-8(11(13)14)6-7(9)4-5-12/h2-3,5-6,10H,4H2,1H3. The molecule has 0 aliphatic rings. The van der Waals surface area contributed by atoms with E-state index in [0.717, 1.165) is 12.0 Å². The molecule has 1 rings (SSSR count). The molecule has 0 saturated carbocycles. The first-order chi connectivity index (χ1) is 6.69. The molecular weight excluding hydrogens is 184 g/mol. The lowest BCUT2D eigenvalue weighted by molar-refractivity contribution is -0.384. The number of rotatable bonds is 4. The molecule has 0 spiro atoms. The maximum atomic E-state index is 10.5. The van der Waals surface area contributed by atoms with Crippen LogP contribution >= 0.6 is 0 Å². The third-order valence-corrected chi connectivity index (χ3v) is 1.87. The van der Waals surface area contributed by atoms with Crippen LogP contribution in [0.1, 0.15) is 5.56 Å². The van der Waals surface area contributed by atoms with E-state index in [2.05, 4.69) is 5.32 Å². The minimum Gasteiger partial charge on any atom is -0.388 e. The van der Waals surface area contributed by atoms with Gasteiger partial charge in [0.25, 0.3) is 5.69 Å². The van der Waals surface area contributed by atoms with Gasteiger partial charge < -0.3 is 10.1 Å². The number of benzene rings is 1. The van der Waals surface area contributed by atoms with Crippen LogP contribution in [0.15, 0.2) is 18.2 Å². The number of carbonyl (C=O) groups excluding carboxylic acids is 1. The first-order valence-corrected chi connectivity index (χ1v) is 4.07. The molecule has 0 aliphatic heterocycles. The van der Waals surface area contributed by atoms with Crippen LogP contribution in [0.4, 0.5) is 11.4 Å². The van der Waals surface area contributed by atoms with E-state index in [0.29, 0.717) is 5.56 Å². The summed E-state index contributed by atoms with van der Waals surface area (Å²) in [5.41, 5.74) is 1.38. The zero-order chi connectivity index (χ0) is 10.6. The van der Waals surface area contributed by atoms with Gasteiger partial charge in [0.15, 0.2) is 0 Å². The summed E-state index contributed by atoms with van der Waals surface area (Å²) in [7, 11) is 1.70. The summed E-state index contributed by atoms with van der Waals surface area (Å²) in [6.45, 7) is 0. The van der Waals surface area contributed by atoms with Crippen molar-refractivity contribution in [2.24, 2.45) is 0 Å². The van der Waals surface area contributed by atoms with Gasteiger partial charge in [-0.15, -0.1) is 0 Å². The predicted octanol–water partition coefficient (Wildman–Crippen LogP) is 1.38. The molecule has 1 N–H and O–H groups in total. The molecule has 0 fully saturated rings. The van der Waals surface area contributed by atoms with Crippen LogP contribution in [0.25, 0.3) is 0 Å². The highest BCUT2D eigenvalue weighted by molar-refractivity contribution is 5.64. The Kier molecular flexibility index (Phi) is 3.17. The van der Waals surface area contributed by atoms with Crippen LogP contribution in [0.2, 0.25) is 0 Å². The van der Waals surface area contributed by atoms with E-state index in [-0.39, 0.29) is 12.1 Å². The van der Waals surface area contributed by atoms with Gasteiger partial charge in [-0.3, -0.25) is 10.1 Å². The Morgan fingerprint density at radius 3 is 2.79 bits per heavy atom. The molecule has 5 heteroatoms. The SMILES string of the molecule is CNc1ccc([N+](=O)[O-])cc1CC=O. The van der Waals surface area contributed by atoms with E-state index in [1.165, 1.54) is 12.1 Å². The summed E-state index contributed by atoms with van der Waals surface area (Å²) < 4.78 is 0. The fourth-order valence-electron chi connectivity index (χ4n) is 1.20. The molecule has 1 aromatic rings. The van der Waals surface area contributed by atoms with E-state index in [1.807, 2.05) is 0 Å². The van der Waals surface area contributed by atoms with Crippen LogP contribution in [-0.4, -0.2) is 18.3 Å². The number of nitrogens with one attached hydrogen (secondary N) is 1. The zero-order valence-corrected chi connectivity index (χ0v) is 7.69. The summed E-state index contributed by atoms with van der Waals surface area (Å²) >= 11 is 0. The van der Waals surface area contributed by atoms with Gasteiger partial charge in [-0.1, -0.05) is 0 Å². The molecule has 1 aromatic carbocycles. The second kappa shape index (κ2) is 4.36. The molecule has 74 valence electrons. The lowest BCUT2D eigenvalue weighted by atomic mass is 10.1. The van der Waals surface area contributed by atoms with Gasteiger partial charge in [0, 0.05) is 31.3 Å². The van der Waals surface area contributed by atoms with Crippen molar-refractivity contribution in [2.75, 3.05) is 12.4 Å². The zero-order valence-electron chi connectivity index (χ0n) is 7.69. The topological polar surface area (TPSA) is 72.2 Å². The van der Waals surface area contributed by atoms with Crippen LogP contribution < -0.4 is 5.32 Å². The molecule has 0 radical (unpaired) electrons. The van der Waals surface area contributed by atoms with Crippen LogP contribution in [-0.2, 0) is 11.2 Å². The van der Waals surface area contributed by atoms with Crippen molar-refractivity contribution in [3.05, 3.63) is 33.9 Å². The summed E-state index contributed by atoms with van der Waals surface area (Å²) in [4.78, 5) is 20.3. The lowest BCUT2D eigenvalue weighted by Crippen LogP contribution is -1.98. The third-order valence-electron chi connectivity index (χ3n) is 1.87. The summed E-state index contributed by atoms with van der Waals surface area (Å²) in [5.74, 6) is 0. The smallest absolute Gasteiger partial charge is 0.269 e. The summed E-state index contributed by atoms with van der Waals surface area (Å²) in [5, 5.41) is 13.3. The van der Waals surface area contributed by atoms with Crippen molar-refractivity contribution in [3.63, 3.8) is 0 Å². The van der Waals surface area contributed by atoms with Gasteiger partial charge in [-0.2, -0.15) is 0 Å². The molecule has 0 heterocycles. The fourth-order valence-corrected chi connectivity index (χ4v) is 1.20. The minimum absolute atomic E-state index is 0.000787. The van der Waals surface area contributed by atoms with Gasteiger partial charge in [0.2, 0.25) is 0 Å². The number of non-ortho nitro benzene ring substituents is 1. The highest BCUT2D eigenvalue weighted by atomic mass is 16.6. The van der Waals surface area contributed by atoms with E-state index >= 15 is 0 Å². The fraction of sp³-hybridized carbons (Fsp3) is 0.222. The maximum absolute atomic E-state index is 10.5. The number of aldehydes is 1. The maximum Gasteiger partial charge on any atom is 0.269 e. The van der Waals surface area contributed by atoms with Crippen molar-refractivity contribution in [2.45, 2.75) is 6.42 Å². The lowest BCUT2D eigenvalue weighted by Gasteiger charge is -2.05. The summed E-state index contributed by atoms with van der Waals surface area (Å²) in [6, 6.07) is 4.40. The molecule has 0 atom stereocenters. The van der Waals surface area contributed by atoms with Gasteiger partial charge >= 0.3 is 0 Å². The van der Waals surface area contributed by atoms with Crippen molar-refractivity contribution < 1.29 is 9.72 Å². The molecule has 0 aliphatic carbocycles. The average Bonchev–Trinajstić information content (AvgIpc) is 2.18. The number of carbonyl (C=O) groups is 1. The highest BCUT2D eigenvalue weighted by Gasteiger charge is 2.09. The number of hydrogen-bond acceptors (Lipinski definition) is 4. The largest absolute Gasteiger partial charge is 0.388 e. The van der Waals surface area contributed by atoms with Crippen molar-refractivity contribution in [3.8, 4) is 0 Å². The van der Waals surface area contributed by atoms with Crippen LogP contribution in [0.5, 0.6) is 0 Å². The number of nitro groups is 1. The average molecular weight is 194 g/mol. The first-order valence-electron chi connectivity index (χ1n) is 4.07. The number of nitrogens with zero attached hydrogens (tertiary/aromatic N) is 1. The Hall–Kier alpha value is -1.91. The molecular formula is C9H10N2O3. The highest BCUT2D eigenvalue weighted by Crippen LogP contribution is 2.21. The summed E-state index contributed by atoms with van der Waals surface area (Å²) in [6.07, 6.45) is 0.901. The van der Waals surface area contributed by atoms with Gasteiger partial charge in [-0.05, 0) is 11.6 Å². The Labute approximate surface area is 80.9 Å². The van der Waals surface area contributed by atoms with Gasteiger partial charge in [0.1, 0.15) is 6.29 Å². The second-order valence-corrected chi connectivity index (χ2v) is 2.72. The third kappa shape index (κ3) is 2.07. The van der Waals surface area contributed by atoms with Crippen molar-refractivity contribution >= 4 is 17.7 Å². The molecule has 0 amide bonds. The molecule has 0 aromatic heterocycles. The molecule has 5 nitrogen and oxygen atoms in total. The molecule has 14 heavy (non-hydrogen) atoms. The van der Waals surface area contributed by atoms with E-state index in [9.17, 15) is 14.9 Å².